The van der Waals surface area contributed by atoms with E-state index in [0.29, 0.717) is 0 Å². The molecule has 0 rings (SSSR count). The molecule has 0 aliphatic rings. The quantitative estimate of drug-likeness (QED) is 0.311. The summed E-state index contributed by atoms with van der Waals surface area (Å²) in [5.41, 5.74) is 0. The van der Waals surface area contributed by atoms with E-state index in [2.05, 4.69) is 0 Å². The number of aliphatic carboxylic acids is 1. The first-order valence-electron chi connectivity index (χ1n) is 1.11. The average Bonchev–Trinajstić information content (AvgIpc) is 1.41. The summed E-state index contributed by atoms with van der Waals surface area (Å²) in [6, 6.07) is 0. The van der Waals surface area contributed by atoms with Crippen LogP contribution in [0.1, 0.15) is 6.92 Å². The van der Waals surface area contributed by atoms with E-state index >= 15 is 0 Å². The first kappa shape index (κ1) is 15.6. The average molecular weight is 130 g/mol. The number of carboxylic acids is 1. The van der Waals surface area contributed by atoms with Crippen molar-refractivity contribution in [2.24, 2.45) is 0 Å². The molecule has 0 aromatic carbocycles. The second-order valence-electron chi connectivity index (χ2n) is 0.492. The fraction of sp³-hybridized carbons (Fsp3) is 0.500. The van der Waals surface area contributed by atoms with Crippen molar-refractivity contribution in [3.05, 3.63) is 0 Å². The molecule has 0 fully saturated rings. The van der Waals surface area contributed by atoms with Crippen molar-refractivity contribution in [2.45, 2.75) is 6.92 Å². The van der Waals surface area contributed by atoms with Gasteiger partial charge in [-0.15, -0.1) is 0 Å². The number of carboxylic acid groups (broad SMARTS) is 1. The standard InChI is InChI=1S/C2H4O2.Li.O.Ti/c1-2(3)4;;;/h1H3,(H,3,4);;;/q;+1;;/p-1. The summed E-state index contributed by atoms with van der Waals surface area (Å²) in [4.78, 5) is 8.89. The molecule has 0 saturated heterocycles. The van der Waals surface area contributed by atoms with Crippen LogP contribution < -0.4 is 24.0 Å². The van der Waals surface area contributed by atoms with Gasteiger partial charge in [0.2, 0.25) is 0 Å². The first-order valence-corrected chi connectivity index (χ1v) is 1.75. The predicted molar refractivity (Wildman–Crippen MR) is 11.4 cm³/mol. The third-order valence-corrected chi connectivity index (χ3v) is 0. The Bertz CT molecular complexity index is 44.2. The van der Waals surface area contributed by atoms with Crippen LogP contribution in [0, 0.1) is 0 Å². The Hall–Kier alpha value is 0.582. The molecule has 0 amide bonds. The molecule has 0 unspecified atom stereocenters. The molecule has 5 heteroatoms. The molecule has 3 nitrogen and oxygen atoms in total. The molecule has 0 saturated carbocycles. The van der Waals surface area contributed by atoms with Gasteiger partial charge in [0.05, 0.1) is 0 Å². The molecule has 0 bridgehead atoms. The molecule has 0 spiro atoms. The Morgan fingerprint density at radius 2 is 1.57 bits per heavy atom. The topological polar surface area (TPSA) is 57.2 Å². The van der Waals surface area contributed by atoms with Gasteiger partial charge in [-0.2, -0.15) is 0 Å². The SMILES string of the molecule is CC(=O)[O-].[Li+].[O]=[Ti]. The van der Waals surface area contributed by atoms with E-state index in [1.807, 2.05) is 0 Å². The fourth-order valence-electron chi connectivity index (χ4n) is 0. The second-order valence-corrected chi connectivity index (χ2v) is 0.492. The molecule has 0 aliphatic heterocycles. The van der Waals surface area contributed by atoms with E-state index in [4.69, 9.17) is 13.2 Å². The fourth-order valence-corrected chi connectivity index (χ4v) is 0. The van der Waals surface area contributed by atoms with Crippen LogP contribution in [0.25, 0.3) is 0 Å². The predicted octanol–water partition coefficient (Wildman–Crippen LogP) is -4.36. The van der Waals surface area contributed by atoms with Crippen molar-refractivity contribution in [3.63, 3.8) is 0 Å². The van der Waals surface area contributed by atoms with Crippen molar-refractivity contribution in [3.8, 4) is 0 Å². The van der Waals surface area contributed by atoms with Crippen molar-refractivity contribution >= 4 is 5.97 Å². The maximum absolute atomic E-state index is 8.89. The van der Waals surface area contributed by atoms with Crippen LogP contribution in [0.4, 0.5) is 0 Å². The summed E-state index contributed by atoms with van der Waals surface area (Å²) >= 11 is 0.750. The van der Waals surface area contributed by atoms with E-state index in [0.717, 1.165) is 27.3 Å². The first-order chi connectivity index (χ1) is 2.73. The summed E-state index contributed by atoms with van der Waals surface area (Å²) in [6.45, 7) is 0.972. The summed E-state index contributed by atoms with van der Waals surface area (Å²) in [5.74, 6) is -1.08. The summed E-state index contributed by atoms with van der Waals surface area (Å²) in [7, 11) is 0. The molecule has 0 aliphatic carbocycles. The Morgan fingerprint density at radius 1 is 1.57 bits per heavy atom. The molecule has 0 aromatic heterocycles. The number of carbonyl (C=O) groups excluding carboxylic acids is 1. The minimum absolute atomic E-state index is 0. The number of hydrogen-bond donors (Lipinski definition) is 0. The van der Waals surface area contributed by atoms with Crippen LogP contribution >= 0.6 is 0 Å². The van der Waals surface area contributed by atoms with E-state index in [9.17, 15) is 0 Å². The molecular weight excluding hydrogens is 127 g/mol. The normalized spacial score (nSPS) is 4.00. The van der Waals surface area contributed by atoms with E-state index in [-0.39, 0.29) is 18.9 Å². The van der Waals surface area contributed by atoms with E-state index < -0.39 is 5.97 Å². The van der Waals surface area contributed by atoms with E-state index in [1.54, 1.807) is 0 Å². The van der Waals surface area contributed by atoms with Crippen molar-refractivity contribution in [2.75, 3.05) is 0 Å². The molecule has 0 aromatic rings. The van der Waals surface area contributed by atoms with Gasteiger partial charge in [-0.05, 0) is 6.92 Å². The van der Waals surface area contributed by atoms with Gasteiger partial charge in [-0.25, -0.2) is 0 Å². The number of carbonyl (C=O) groups is 1. The molecule has 34 valence electrons. The molecular formula is C2H3LiO3Ti. The Morgan fingerprint density at radius 3 is 1.57 bits per heavy atom. The van der Waals surface area contributed by atoms with Gasteiger partial charge in [0.25, 0.3) is 0 Å². The summed E-state index contributed by atoms with van der Waals surface area (Å²) in [5, 5.41) is 8.89. The van der Waals surface area contributed by atoms with Crippen molar-refractivity contribution < 1.29 is 52.5 Å². The second kappa shape index (κ2) is 16.0. The van der Waals surface area contributed by atoms with Crippen LogP contribution in [-0.4, -0.2) is 5.97 Å². The van der Waals surface area contributed by atoms with Gasteiger partial charge >= 0.3 is 42.6 Å². The van der Waals surface area contributed by atoms with Gasteiger partial charge in [-0.3, -0.25) is 0 Å². The zero-order chi connectivity index (χ0) is 5.58. The number of hydrogen-bond acceptors (Lipinski definition) is 3. The van der Waals surface area contributed by atoms with Gasteiger partial charge < -0.3 is 9.90 Å². The monoisotopic (exact) mass is 130 g/mol. The molecule has 0 radical (unpaired) electrons. The van der Waals surface area contributed by atoms with Crippen LogP contribution in [0.15, 0.2) is 0 Å². The molecule has 0 atom stereocenters. The minimum atomic E-state index is -1.08. The van der Waals surface area contributed by atoms with Gasteiger partial charge in [-0.1, -0.05) is 0 Å². The molecule has 7 heavy (non-hydrogen) atoms. The van der Waals surface area contributed by atoms with Gasteiger partial charge in [0, 0.05) is 5.97 Å². The van der Waals surface area contributed by atoms with Gasteiger partial charge in [0.1, 0.15) is 0 Å². The van der Waals surface area contributed by atoms with Crippen LogP contribution in [0.2, 0.25) is 0 Å². The maximum atomic E-state index is 8.89. The van der Waals surface area contributed by atoms with Crippen molar-refractivity contribution in [1.29, 1.82) is 0 Å². The van der Waals surface area contributed by atoms with Crippen LogP contribution in [0.3, 0.4) is 0 Å². The molecule has 0 heterocycles. The Balaban J connectivity index is -0.0000000480. The van der Waals surface area contributed by atoms with Crippen molar-refractivity contribution in [1.82, 2.24) is 0 Å². The zero-order valence-corrected chi connectivity index (χ0v) is 5.79. The zero-order valence-electron chi connectivity index (χ0n) is 4.22. The summed E-state index contributed by atoms with van der Waals surface area (Å²) in [6.07, 6.45) is 0. The van der Waals surface area contributed by atoms with Crippen LogP contribution in [0.5, 0.6) is 0 Å². The third kappa shape index (κ3) is 408. The Labute approximate surface area is 65.4 Å². The van der Waals surface area contributed by atoms with Crippen LogP contribution in [-0.2, 0) is 28.5 Å². The van der Waals surface area contributed by atoms with Gasteiger partial charge in [0.15, 0.2) is 0 Å². The van der Waals surface area contributed by atoms with E-state index in [1.165, 1.54) is 0 Å². The summed E-state index contributed by atoms with van der Waals surface area (Å²) < 4.78 is 8.25. The third-order valence-electron chi connectivity index (χ3n) is 0. The Kier molecular flexibility index (Phi) is 35.7. The molecule has 0 N–H and O–H groups in total. The number of rotatable bonds is 0.